The van der Waals surface area contributed by atoms with Gasteiger partial charge in [0.25, 0.3) is 0 Å². The number of hydrogen-bond acceptors (Lipinski definition) is 5. The number of nitrogens with two attached hydrogens (primary N) is 1. The average molecular weight is 208 g/mol. The Labute approximate surface area is 89.3 Å². The molecular weight excluding hydrogens is 192 g/mol. The Morgan fingerprint density at radius 2 is 2.07 bits per heavy atom. The molecule has 5 heteroatoms. The lowest BCUT2D eigenvalue weighted by molar-refractivity contribution is -0.0470. The molecule has 0 fully saturated rings. The smallest absolute Gasteiger partial charge is 0.141 e. The third-order valence-electron chi connectivity index (χ3n) is 1.46. The van der Waals surface area contributed by atoms with Crippen LogP contribution < -0.4 is 11.2 Å². The van der Waals surface area contributed by atoms with Crippen LogP contribution in [0.4, 0.5) is 5.82 Å². The Kier molecular flexibility index (Phi) is 3.26. The number of nitrogens with one attached hydrogen (secondary N) is 1. The van der Waals surface area contributed by atoms with Gasteiger partial charge in [0.1, 0.15) is 11.5 Å². The number of rotatable bonds is 3. The highest BCUT2D eigenvalue weighted by molar-refractivity contribution is 5.56. The van der Waals surface area contributed by atoms with E-state index in [4.69, 9.17) is 10.6 Å². The van der Waals surface area contributed by atoms with Crippen molar-refractivity contribution in [1.29, 1.82) is 0 Å². The van der Waals surface area contributed by atoms with Gasteiger partial charge in [0.05, 0.1) is 23.7 Å². The third-order valence-corrected chi connectivity index (χ3v) is 1.46. The molecule has 1 rings (SSSR count). The van der Waals surface area contributed by atoms with Crippen molar-refractivity contribution in [3.63, 3.8) is 0 Å². The van der Waals surface area contributed by atoms with Gasteiger partial charge in [-0.25, -0.2) is 9.97 Å². The zero-order valence-corrected chi connectivity index (χ0v) is 9.24. The van der Waals surface area contributed by atoms with E-state index in [0.717, 1.165) is 0 Å². The monoisotopic (exact) mass is 208 g/mol. The summed E-state index contributed by atoms with van der Waals surface area (Å²) in [5.74, 6) is 0.378. The Morgan fingerprint density at radius 3 is 2.53 bits per heavy atom. The van der Waals surface area contributed by atoms with Crippen molar-refractivity contribution in [2.45, 2.75) is 26.4 Å². The van der Waals surface area contributed by atoms with Crippen LogP contribution in [0.1, 0.15) is 26.5 Å². The summed E-state index contributed by atoms with van der Waals surface area (Å²) in [6.45, 7) is 9.58. The van der Waals surface area contributed by atoms with E-state index >= 15 is 0 Å². The first-order valence-corrected chi connectivity index (χ1v) is 4.59. The molecule has 0 aliphatic rings. The highest BCUT2D eigenvalue weighted by Crippen LogP contribution is 2.09. The number of aromatic nitrogens is 2. The molecule has 3 N–H and O–H groups in total. The summed E-state index contributed by atoms with van der Waals surface area (Å²) >= 11 is 0. The Bertz CT molecular complexity index is 339. The van der Waals surface area contributed by atoms with Crippen LogP contribution in [0.15, 0.2) is 19.0 Å². The molecule has 0 unspecified atom stereocenters. The molecule has 0 aliphatic heterocycles. The highest BCUT2D eigenvalue weighted by Gasteiger charge is 2.11. The van der Waals surface area contributed by atoms with Gasteiger partial charge in [-0.05, 0) is 20.8 Å². The summed E-state index contributed by atoms with van der Waals surface area (Å²) in [6, 6.07) is 0. The lowest BCUT2D eigenvalue weighted by atomic mass is 10.2. The Hall–Kier alpha value is -1.62. The first kappa shape index (κ1) is 11.5. The highest BCUT2D eigenvalue weighted by atomic mass is 16.7. The standard InChI is InChI=1S/C10H16N4O/c1-7(14-15-10(2,3)4)8-5-13-9(11)6-12-8/h5-6,14H,1H2,2-4H3,(H2,11,13). The zero-order chi connectivity index (χ0) is 11.5. The normalized spacial score (nSPS) is 11.1. The van der Waals surface area contributed by atoms with Crippen molar-refractivity contribution < 1.29 is 4.84 Å². The molecule has 0 spiro atoms. The van der Waals surface area contributed by atoms with Crippen molar-refractivity contribution in [2.24, 2.45) is 0 Å². The van der Waals surface area contributed by atoms with Crippen LogP contribution in [0.5, 0.6) is 0 Å². The lowest BCUT2D eigenvalue weighted by Crippen LogP contribution is -2.28. The van der Waals surface area contributed by atoms with E-state index in [-0.39, 0.29) is 5.60 Å². The molecule has 0 bridgehead atoms. The second kappa shape index (κ2) is 4.27. The van der Waals surface area contributed by atoms with Crippen molar-refractivity contribution in [3.05, 3.63) is 24.7 Å². The van der Waals surface area contributed by atoms with E-state index in [2.05, 4.69) is 22.0 Å². The molecular formula is C10H16N4O. The van der Waals surface area contributed by atoms with Crippen LogP contribution in [-0.2, 0) is 4.84 Å². The van der Waals surface area contributed by atoms with Gasteiger partial charge in [0.2, 0.25) is 0 Å². The third kappa shape index (κ3) is 3.95. The number of nitrogens with zero attached hydrogens (tertiary/aromatic N) is 2. The van der Waals surface area contributed by atoms with Gasteiger partial charge in [-0.15, -0.1) is 0 Å². The lowest BCUT2D eigenvalue weighted by Gasteiger charge is -2.20. The second-order valence-corrected chi connectivity index (χ2v) is 4.12. The van der Waals surface area contributed by atoms with Crippen molar-refractivity contribution in [3.8, 4) is 0 Å². The van der Waals surface area contributed by atoms with Gasteiger partial charge in [-0.2, -0.15) is 0 Å². The van der Waals surface area contributed by atoms with E-state index in [1.54, 1.807) is 0 Å². The van der Waals surface area contributed by atoms with E-state index in [0.29, 0.717) is 17.2 Å². The minimum absolute atomic E-state index is 0.288. The molecule has 5 nitrogen and oxygen atoms in total. The largest absolute Gasteiger partial charge is 0.382 e. The predicted octanol–water partition coefficient (Wildman–Crippen LogP) is 1.35. The molecule has 0 aliphatic carbocycles. The minimum atomic E-state index is -0.288. The summed E-state index contributed by atoms with van der Waals surface area (Å²) in [4.78, 5) is 13.3. The molecule has 0 atom stereocenters. The van der Waals surface area contributed by atoms with Crippen LogP contribution in [0, 0.1) is 0 Å². The number of hydroxylamine groups is 1. The van der Waals surface area contributed by atoms with Gasteiger partial charge in [0.15, 0.2) is 0 Å². The number of anilines is 1. The van der Waals surface area contributed by atoms with Gasteiger partial charge in [-0.1, -0.05) is 6.58 Å². The van der Waals surface area contributed by atoms with Crippen LogP contribution >= 0.6 is 0 Å². The van der Waals surface area contributed by atoms with Crippen LogP contribution in [-0.4, -0.2) is 15.6 Å². The van der Waals surface area contributed by atoms with Crippen LogP contribution in [0.2, 0.25) is 0 Å². The fourth-order valence-corrected chi connectivity index (χ4v) is 0.761. The van der Waals surface area contributed by atoms with Gasteiger partial charge in [0, 0.05) is 0 Å². The van der Waals surface area contributed by atoms with Gasteiger partial charge in [-0.3, -0.25) is 10.3 Å². The molecule has 82 valence electrons. The molecule has 0 aromatic carbocycles. The quantitative estimate of drug-likeness (QED) is 0.733. The van der Waals surface area contributed by atoms with Gasteiger partial charge >= 0.3 is 0 Å². The Balaban J connectivity index is 2.58. The molecule has 1 aromatic rings. The van der Waals surface area contributed by atoms with Crippen molar-refractivity contribution >= 4 is 11.5 Å². The molecule has 1 aromatic heterocycles. The topological polar surface area (TPSA) is 73.1 Å². The van der Waals surface area contributed by atoms with E-state index in [1.165, 1.54) is 12.4 Å². The van der Waals surface area contributed by atoms with E-state index < -0.39 is 0 Å². The second-order valence-electron chi connectivity index (χ2n) is 4.12. The first-order valence-electron chi connectivity index (χ1n) is 4.59. The zero-order valence-electron chi connectivity index (χ0n) is 9.24. The van der Waals surface area contributed by atoms with Gasteiger partial charge < -0.3 is 5.73 Å². The maximum Gasteiger partial charge on any atom is 0.141 e. The summed E-state index contributed by atoms with van der Waals surface area (Å²) < 4.78 is 0. The Morgan fingerprint density at radius 1 is 1.40 bits per heavy atom. The van der Waals surface area contributed by atoms with Crippen molar-refractivity contribution in [2.75, 3.05) is 5.73 Å². The summed E-state index contributed by atoms with van der Waals surface area (Å²) in [7, 11) is 0. The fourth-order valence-electron chi connectivity index (χ4n) is 0.761. The summed E-state index contributed by atoms with van der Waals surface area (Å²) in [5, 5.41) is 0. The van der Waals surface area contributed by atoms with E-state index in [9.17, 15) is 0 Å². The van der Waals surface area contributed by atoms with Crippen LogP contribution in [0.25, 0.3) is 5.70 Å². The number of nitrogen functional groups attached to an aromatic ring is 1. The summed E-state index contributed by atoms with van der Waals surface area (Å²) in [5.41, 5.74) is 9.01. The first-order chi connectivity index (χ1) is 6.88. The number of hydrogen-bond donors (Lipinski definition) is 2. The van der Waals surface area contributed by atoms with E-state index in [1.807, 2.05) is 20.8 Å². The average Bonchev–Trinajstić information content (AvgIpc) is 2.14. The summed E-state index contributed by atoms with van der Waals surface area (Å²) in [6.07, 6.45) is 3.01. The fraction of sp³-hybridized carbons (Fsp3) is 0.400. The SMILES string of the molecule is C=C(NOC(C)(C)C)c1cnc(N)cn1. The molecule has 15 heavy (non-hydrogen) atoms. The maximum atomic E-state index is 5.42. The maximum absolute atomic E-state index is 5.42. The molecule has 1 heterocycles. The predicted molar refractivity (Wildman–Crippen MR) is 59.5 cm³/mol. The van der Waals surface area contributed by atoms with Crippen LogP contribution in [0.3, 0.4) is 0 Å². The van der Waals surface area contributed by atoms with Crippen molar-refractivity contribution in [1.82, 2.24) is 15.4 Å². The molecule has 0 amide bonds. The molecule has 0 saturated carbocycles. The molecule has 0 saturated heterocycles. The molecule has 0 radical (unpaired) electrons. The minimum Gasteiger partial charge on any atom is -0.382 e.